The average molecular weight is 221 g/mol. The molecule has 0 atom stereocenters. The van der Waals surface area contributed by atoms with Crippen LogP contribution >= 0.6 is 0 Å². The van der Waals surface area contributed by atoms with Crippen LogP contribution in [0.15, 0.2) is 0 Å². The van der Waals surface area contributed by atoms with Crippen molar-refractivity contribution in [3.8, 4) is 0 Å². The van der Waals surface area contributed by atoms with Crippen LogP contribution in [0.2, 0.25) is 0 Å². The largest absolute Gasteiger partial charge is 0.379 e. The summed E-state index contributed by atoms with van der Waals surface area (Å²) in [4.78, 5) is 0. The van der Waals surface area contributed by atoms with Crippen LogP contribution < -0.4 is 0 Å². The van der Waals surface area contributed by atoms with Gasteiger partial charge >= 0.3 is 0 Å². The van der Waals surface area contributed by atoms with Crippen molar-refractivity contribution in [3.63, 3.8) is 0 Å². The molecule has 0 spiro atoms. The van der Waals surface area contributed by atoms with Crippen molar-refractivity contribution in [1.29, 1.82) is 0 Å². The van der Waals surface area contributed by atoms with Crippen LogP contribution in [0, 0.1) is 5.92 Å². The highest BCUT2D eigenvalue weighted by molar-refractivity contribution is 4.42. The topological polar surface area (TPSA) is 27.7 Å². The molecule has 0 unspecified atom stereocenters. The third-order valence-electron chi connectivity index (χ3n) is 1.81. The van der Waals surface area contributed by atoms with E-state index in [9.17, 15) is 4.39 Å². The first-order valence-corrected chi connectivity index (χ1v) is 5.56. The number of hydrogen-bond acceptors (Lipinski definition) is 3. The summed E-state index contributed by atoms with van der Waals surface area (Å²) >= 11 is 0. The fraction of sp³-hybridized carbons (Fsp3) is 1.00. The van der Waals surface area contributed by atoms with Gasteiger partial charge in [0.2, 0.25) is 0 Å². The fourth-order valence-corrected chi connectivity index (χ4v) is 0.915. The molecule has 0 rings (SSSR count). The molecule has 0 saturated carbocycles. The molecule has 0 aromatic heterocycles. The lowest BCUT2D eigenvalue weighted by atomic mass is 10.1. The monoisotopic (exact) mass is 221 g/mol. The molecule has 0 aliphatic heterocycles. The van der Waals surface area contributed by atoms with Gasteiger partial charge in [-0.05, 0) is 12.3 Å². The van der Waals surface area contributed by atoms with Crippen LogP contribution in [0.5, 0.6) is 0 Å². The number of rotatable bonds is 11. The molecule has 0 aromatic carbocycles. The standard InChI is InChI=1S/C11H23FO3/c1-11(2)3-5-13-7-9-15-10-8-14-6-4-12/h11H,3-10H2,1-2H3/i12-1. The lowest BCUT2D eigenvalue weighted by Crippen LogP contribution is -2.11. The lowest BCUT2D eigenvalue weighted by Gasteiger charge is -2.07. The van der Waals surface area contributed by atoms with Crippen molar-refractivity contribution in [2.45, 2.75) is 20.3 Å². The maximum absolute atomic E-state index is 11.6. The van der Waals surface area contributed by atoms with Gasteiger partial charge in [-0.1, -0.05) is 13.8 Å². The zero-order valence-corrected chi connectivity index (χ0v) is 9.84. The normalized spacial score (nSPS) is 11.2. The van der Waals surface area contributed by atoms with Crippen LogP contribution in [0.3, 0.4) is 0 Å². The van der Waals surface area contributed by atoms with E-state index in [1.165, 1.54) is 0 Å². The molecule has 4 heteroatoms. The Morgan fingerprint density at radius 2 is 1.27 bits per heavy atom. The van der Waals surface area contributed by atoms with Crippen LogP contribution in [0.25, 0.3) is 0 Å². The van der Waals surface area contributed by atoms with E-state index in [4.69, 9.17) is 14.2 Å². The Kier molecular flexibility index (Phi) is 11.7. The Morgan fingerprint density at radius 1 is 0.800 bits per heavy atom. The lowest BCUT2D eigenvalue weighted by molar-refractivity contribution is 0.0107. The molecule has 0 bridgehead atoms. The molecule has 0 fully saturated rings. The summed E-state index contributed by atoms with van der Waals surface area (Å²) in [6.45, 7) is 7.02. The van der Waals surface area contributed by atoms with Gasteiger partial charge < -0.3 is 14.2 Å². The molecular formula is C11H23FO3. The van der Waals surface area contributed by atoms with Crippen LogP contribution in [0.1, 0.15) is 20.3 Å². The molecule has 92 valence electrons. The third-order valence-corrected chi connectivity index (χ3v) is 1.81. The van der Waals surface area contributed by atoms with E-state index in [0.717, 1.165) is 13.0 Å². The summed E-state index contributed by atoms with van der Waals surface area (Å²) in [6.07, 6.45) is 1.08. The maximum atomic E-state index is 11.6. The van der Waals surface area contributed by atoms with Crippen LogP contribution in [-0.4, -0.2) is 46.3 Å². The summed E-state index contributed by atoms with van der Waals surface area (Å²) in [5.41, 5.74) is 0. The van der Waals surface area contributed by atoms with E-state index >= 15 is 0 Å². The van der Waals surface area contributed by atoms with Gasteiger partial charge in [0.05, 0.1) is 33.0 Å². The zero-order chi connectivity index (χ0) is 11.4. The SMILES string of the molecule is CC(C)CCOCCOCCOCC[18F]. The van der Waals surface area contributed by atoms with Gasteiger partial charge in [0.15, 0.2) is 0 Å². The minimum Gasteiger partial charge on any atom is -0.379 e. The van der Waals surface area contributed by atoms with E-state index in [0.29, 0.717) is 32.3 Å². The first-order chi connectivity index (χ1) is 7.27. The average Bonchev–Trinajstić information content (AvgIpc) is 2.20. The molecule has 0 aromatic rings. The second kappa shape index (κ2) is 11.9. The van der Waals surface area contributed by atoms with Gasteiger partial charge in [0.25, 0.3) is 0 Å². The van der Waals surface area contributed by atoms with Crippen LogP contribution in [-0.2, 0) is 14.2 Å². The number of ether oxygens (including phenoxy) is 3. The fourth-order valence-electron chi connectivity index (χ4n) is 0.915. The Balaban J connectivity index is 2.87. The Bertz CT molecular complexity index is 120. The van der Waals surface area contributed by atoms with E-state index in [1.54, 1.807) is 0 Å². The Hall–Kier alpha value is -0.190. The van der Waals surface area contributed by atoms with Gasteiger partial charge in [0.1, 0.15) is 6.67 Å². The molecule has 0 radical (unpaired) electrons. The van der Waals surface area contributed by atoms with Gasteiger partial charge in [-0.15, -0.1) is 0 Å². The van der Waals surface area contributed by atoms with Crippen molar-refractivity contribution in [3.05, 3.63) is 0 Å². The van der Waals surface area contributed by atoms with Crippen molar-refractivity contribution in [2.75, 3.05) is 46.3 Å². The van der Waals surface area contributed by atoms with E-state index in [1.807, 2.05) is 0 Å². The smallest absolute Gasteiger partial charge is 0.113 e. The van der Waals surface area contributed by atoms with E-state index in [-0.39, 0.29) is 6.61 Å². The van der Waals surface area contributed by atoms with Crippen molar-refractivity contribution in [2.24, 2.45) is 5.92 Å². The molecule has 0 N–H and O–H groups in total. The van der Waals surface area contributed by atoms with Crippen molar-refractivity contribution in [1.82, 2.24) is 0 Å². The Labute approximate surface area is 91.9 Å². The first kappa shape index (κ1) is 14.8. The van der Waals surface area contributed by atoms with E-state index in [2.05, 4.69) is 13.8 Å². The minimum absolute atomic E-state index is 0.161. The molecule has 15 heavy (non-hydrogen) atoms. The molecule has 0 amide bonds. The first-order valence-electron chi connectivity index (χ1n) is 5.56. The summed E-state index contributed by atoms with van der Waals surface area (Å²) < 4.78 is 27.0. The molecule has 0 aliphatic rings. The molecule has 0 heterocycles. The van der Waals surface area contributed by atoms with Crippen molar-refractivity contribution < 1.29 is 18.6 Å². The summed E-state index contributed by atoms with van der Waals surface area (Å²) in [7, 11) is 0. The highest BCUT2D eigenvalue weighted by atomic mass is 18.2. The Morgan fingerprint density at radius 3 is 1.73 bits per heavy atom. The molecule has 3 nitrogen and oxygen atoms in total. The summed E-state index contributed by atoms with van der Waals surface area (Å²) in [5.74, 6) is 0.681. The number of hydrogen-bond donors (Lipinski definition) is 0. The quantitative estimate of drug-likeness (QED) is 0.500. The highest BCUT2D eigenvalue weighted by Gasteiger charge is 1.94. The molecule has 0 saturated heterocycles. The van der Waals surface area contributed by atoms with Gasteiger partial charge in [0, 0.05) is 6.61 Å². The third kappa shape index (κ3) is 13.8. The zero-order valence-electron chi connectivity index (χ0n) is 9.84. The van der Waals surface area contributed by atoms with Gasteiger partial charge in [-0.2, -0.15) is 0 Å². The second-order valence-electron chi connectivity index (χ2n) is 3.71. The van der Waals surface area contributed by atoms with E-state index < -0.39 is 6.67 Å². The molecular weight excluding hydrogens is 198 g/mol. The number of alkyl halides is 1. The van der Waals surface area contributed by atoms with Gasteiger partial charge in [-0.3, -0.25) is 0 Å². The predicted octanol–water partition coefficient (Wildman–Crippen LogP) is 2.05. The predicted molar refractivity (Wildman–Crippen MR) is 57.9 cm³/mol. The van der Waals surface area contributed by atoms with Gasteiger partial charge in [-0.25, -0.2) is 4.39 Å². The van der Waals surface area contributed by atoms with Crippen molar-refractivity contribution >= 4 is 0 Å². The summed E-state index contributed by atoms with van der Waals surface area (Å²) in [5, 5.41) is 0. The minimum atomic E-state index is -0.432. The van der Waals surface area contributed by atoms with Crippen LogP contribution in [0.4, 0.5) is 4.39 Å². The number of halogens is 1. The second-order valence-corrected chi connectivity index (χ2v) is 3.71. The highest BCUT2D eigenvalue weighted by Crippen LogP contribution is 1.98. The summed E-state index contributed by atoms with van der Waals surface area (Å²) in [6, 6.07) is 0. The molecule has 0 aliphatic carbocycles. The maximum Gasteiger partial charge on any atom is 0.113 e.